The summed E-state index contributed by atoms with van der Waals surface area (Å²) in [4.78, 5) is 16.2. The van der Waals surface area contributed by atoms with E-state index in [1.807, 2.05) is 34.7 Å². The Morgan fingerprint density at radius 1 is 1.37 bits per heavy atom. The zero-order valence-electron chi connectivity index (χ0n) is 11.8. The van der Waals surface area contributed by atoms with E-state index in [4.69, 9.17) is 0 Å². The molecule has 19 heavy (non-hydrogen) atoms. The van der Waals surface area contributed by atoms with Gasteiger partial charge in [-0.1, -0.05) is 13.8 Å². The molecule has 1 amide bonds. The zero-order valence-corrected chi connectivity index (χ0v) is 11.8. The van der Waals surface area contributed by atoms with Gasteiger partial charge < -0.3 is 5.32 Å². The molecule has 0 radical (unpaired) electrons. The number of nitrogens with one attached hydrogen (secondary N) is 2. The van der Waals surface area contributed by atoms with E-state index in [1.54, 1.807) is 4.68 Å². The number of H-pyrrole nitrogens is 1. The highest BCUT2D eigenvalue weighted by atomic mass is 16.2. The molecule has 0 atom stereocenters. The number of amides is 1. The van der Waals surface area contributed by atoms with Crippen molar-refractivity contribution in [2.24, 2.45) is 7.05 Å². The van der Waals surface area contributed by atoms with Crippen molar-refractivity contribution in [3.63, 3.8) is 0 Å². The van der Waals surface area contributed by atoms with Crippen molar-refractivity contribution in [2.45, 2.75) is 33.6 Å². The van der Waals surface area contributed by atoms with E-state index < -0.39 is 0 Å². The molecule has 0 aromatic carbocycles. The predicted molar refractivity (Wildman–Crippen MR) is 71.1 cm³/mol. The van der Waals surface area contributed by atoms with Crippen LogP contribution in [-0.4, -0.2) is 30.9 Å². The maximum Gasteiger partial charge on any atom is 0.295 e. The van der Waals surface area contributed by atoms with Gasteiger partial charge in [-0.2, -0.15) is 5.10 Å². The Labute approximate surface area is 111 Å². The third kappa shape index (κ3) is 2.49. The second-order valence-corrected chi connectivity index (χ2v) is 4.82. The molecule has 0 saturated carbocycles. The minimum absolute atomic E-state index is 0.145. The van der Waals surface area contributed by atoms with Gasteiger partial charge in [0.2, 0.25) is 5.82 Å². The minimum atomic E-state index is -0.331. The number of carbonyl (C=O) groups is 1. The molecule has 7 nitrogen and oxygen atoms in total. The number of hydrogen-bond donors (Lipinski definition) is 2. The lowest BCUT2D eigenvalue weighted by Crippen LogP contribution is -2.15. The van der Waals surface area contributed by atoms with Crippen molar-refractivity contribution < 1.29 is 4.79 Å². The lowest BCUT2D eigenvalue weighted by molar-refractivity contribution is 0.101. The molecule has 2 aromatic rings. The zero-order chi connectivity index (χ0) is 14.2. The fraction of sp³-hybridized carbons (Fsp3) is 0.500. The molecule has 0 aliphatic carbocycles. The highest BCUT2D eigenvalue weighted by Crippen LogP contribution is 2.19. The second-order valence-electron chi connectivity index (χ2n) is 4.82. The number of rotatable bonds is 3. The first-order chi connectivity index (χ1) is 8.90. The molecule has 0 bridgehead atoms. The first-order valence-electron chi connectivity index (χ1n) is 6.14. The Balaban J connectivity index is 2.20. The largest absolute Gasteiger partial charge is 0.316 e. The Bertz CT molecular complexity index is 610. The summed E-state index contributed by atoms with van der Waals surface area (Å²) in [6.07, 6.45) is 0. The molecule has 0 aliphatic rings. The van der Waals surface area contributed by atoms with Crippen LogP contribution in [0.5, 0.6) is 0 Å². The maximum atomic E-state index is 12.1. The smallest absolute Gasteiger partial charge is 0.295 e. The van der Waals surface area contributed by atoms with Gasteiger partial charge in [0, 0.05) is 13.0 Å². The van der Waals surface area contributed by atoms with Crippen LogP contribution in [0, 0.1) is 13.8 Å². The van der Waals surface area contributed by atoms with Crippen molar-refractivity contribution in [2.75, 3.05) is 5.32 Å². The topological polar surface area (TPSA) is 88.5 Å². The van der Waals surface area contributed by atoms with Gasteiger partial charge in [0.15, 0.2) is 0 Å². The minimum Gasteiger partial charge on any atom is -0.316 e. The van der Waals surface area contributed by atoms with Crippen molar-refractivity contribution >= 4 is 11.6 Å². The fourth-order valence-corrected chi connectivity index (χ4v) is 1.76. The molecule has 2 rings (SSSR count). The molecule has 2 heterocycles. The van der Waals surface area contributed by atoms with Crippen LogP contribution in [0.4, 0.5) is 5.69 Å². The Kier molecular flexibility index (Phi) is 3.37. The summed E-state index contributed by atoms with van der Waals surface area (Å²) in [6, 6.07) is 0. The van der Waals surface area contributed by atoms with E-state index in [1.165, 1.54) is 0 Å². The molecule has 0 aliphatic heterocycles. The molecular formula is C12H18N6O. The average Bonchev–Trinajstić information content (AvgIpc) is 2.91. The second kappa shape index (κ2) is 4.83. The fourth-order valence-electron chi connectivity index (χ4n) is 1.76. The van der Waals surface area contributed by atoms with Crippen LogP contribution in [0.25, 0.3) is 0 Å². The van der Waals surface area contributed by atoms with Gasteiger partial charge in [-0.05, 0) is 13.8 Å². The number of carbonyl (C=O) groups excluding carboxylic acids is 1. The van der Waals surface area contributed by atoms with Crippen molar-refractivity contribution in [1.29, 1.82) is 0 Å². The van der Waals surface area contributed by atoms with E-state index in [0.29, 0.717) is 11.5 Å². The summed E-state index contributed by atoms with van der Waals surface area (Å²) in [7, 11) is 1.83. The van der Waals surface area contributed by atoms with Crippen molar-refractivity contribution in [1.82, 2.24) is 25.0 Å². The van der Waals surface area contributed by atoms with Gasteiger partial charge in [-0.15, -0.1) is 5.10 Å². The van der Waals surface area contributed by atoms with Gasteiger partial charge in [-0.3, -0.25) is 14.6 Å². The number of hydrogen-bond acceptors (Lipinski definition) is 4. The molecule has 2 aromatic heterocycles. The van der Waals surface area contributed by atoms with E-state index in [2.05, 4.69) is 25.6 Å². The van der Waals surface area contributed by atoms with Gasteiger partial charge in [0.1, 0.15) is 5.82 Å². The number of aromatic amines is 1. The van der Waals surface area contributed by atoms with Crippen LogP contribution < -0.4 is 5.32 Å². The van der Waals surface area contributed by atoms with Crippen molar-refractivity contribution in [3.05, 3.63) is 23.0 Å². The van der Waals surface area contributed by atoms with Crippen LogP contribution >= 0.6 is 0 Å². The summed E-state index contributed by atoms with van der Waals surface area (Å²) in [5.74, 6) is 0.717. The van der Waals surface area contributed by atoms with E-state index in [-0.39, 0.29) is 17.6 Å². The summed E-state index contributed by atoms with van der Waals surface area (Å²) < 4.78 is 1.72. The van der Waals surface area contributed by atoms with E-state index in [0.717, 1.165) is 11.4 Å². The van der Waals surface area contributed by atoms with E-state index >= 15 is 0 Å². The maximum absolute atomic E-state index is 12.1. The first-order valence-corrected chi connectivity index (χ1v) is 6.14. The predicted octanol–water partition coefficient (Wildman–Crippen LogP) is 1.53. The summed E-state index contributed by atoms with van der Waals surface area (Å²) in [5, 5.41) is 13.7. The van der Waals surface area contributed by atoms with E-state index in [9.17, 15) is 4.79 Å². The van der Waals surface area contributed by atoms with Crippen LogP contribution in [0.15, 0.2) is 0 Å². The summed E-state index contributed by atoms with van der Waals surface area (Å²) >= 11 is 0. The standard InChI is InChI=1S/C12H18N6O/c1-6(2)10-14-11(16-15-10)12(19)13-9-7(3)17-18(5)8(9)4/h6H,1-5H3,(H,13,19)(H,14,15,16). The van der Waals surface area contributed by atoms with Crippen LogP contribution in [0.3, 0.4) is 0 Å². The lowest BCUT2D eigenvalue weighted by Gasteiger charge is -2.02. The van der Waals surface area contributed by atoms with Gasteiger partial charge in [-0.25, -0.2) is 4.98 Å². The third-order valence-corrected chi connectivity index (χ3v) is 3.00. The normalized spacial score (nSPS) is 11.1. The number of anilines is 1. The Morgan fingerprint density at radius 3 is 2.53 bits per heavy atom. The molecular weight excluding hydrogens is 244 g/mol. The highest BCUT2D eigenvalue weighted by molar-refractivity contribution is 6.02. The quantitative estimate of drug-likeness (QED) is 0.878. The molecule has 0 saturated heterocycles. The SMILES string of the molecule is Cc1nn(C)c(C)c1NC(=O)c1n[nH]c(C(C)C)n1. The Hall–Kier alpha value is -2.18. The lowest BCUT2D eigenvalue weighted by atomic mass is 10.2. The van der Waals surface area contributed by atoms with Gasteiger partial charge in [0.05, 0.1) is 17.1 Å². The van der Waals surface area contributed by atoms with Crippen LogP contribution in [0.2, 0.25) is 0 Å². The number of nitrogens with zero attached hydrogens (tertiary/aromatic N) is 4. The molecule has 0 unspecified atom stereocenters. The van der Waals surface area contributed by atoms with Crippen LogP contribution in [0.1, 0.15) is 47.6 Å². The summed E-state index contributed by atoms with van der Waals surface area (Å²) in [6.45, 7) is 7.71. The number of aromatic nitrogens is 5. The molecule has 102 valence electrons. The molecule has 7 heteroatoms. The Morgan fingerprint density at radius 2 is 2.05 bits per heavy atom. The summed E-state index contributed by atoms with van der Waals surface area (Å²) in [5.41, 5.74) is 2.38. The highest BCUT2D eigenvalue weighted by Gasteiger charge is 2.17. The van der Waals surface area contributed by atoms with Gasteiger partial charge in [0.25, 0.3) is 5.91 Å². The third-order valence-electron chi connectivity index (χ3n) is 3.00. The molecule has 0 spiro atoms. The monoisotopic (exact) mass is 262 g/mol. The number of aryl methyl sites for hydroxylation is 2. The van der Waals surface area contributed by atoms with Gasteiger partial charge >= 0.3 is 0 Å². The van der Waals surface area contributed by atoms with Crippen molar-refractivity contribution in [3.8, 4) is 0 Å². The molecule has 0 fully saturated rings. The average molecular weight is 262 g/mol. The first kappa shape index (κ1) is 13.3. The van der Waals surface area contributed by atoms with Crippen LogP contribution in [-0.2, 0) is 7.05 Å². The molecule has 2 N–H and O–H groups in total.